The molecule has 134 valence electrons. The summed E-state index contributed by atoms with van der Waals surface area (Å²) in [5.74, 6) is 1.64. The van der Waals surface area contributed by atoms with Gasteiger partial charge in [0.2, 0.25) is 17.7 Å². The summed E-state index contributed by atoms with van der Waals surface area (Å²) in [6, 6.07) is 3.77. The molecule has 1 fully saturated rings. The molecule has 0 unspecified atom stereocenters. The molecule has 0 aromatic carbocycles. The SMILES string of the molecule is O=C(CCN1C(=O)[C@H]2CC=CC[C@@H]2C1=O)NCCSCc1ccco1. The van der Waals surface area contributed by atoms with Crippen LogP contribution in [0.4, 0.5) is 0 Å². The number of nitrogens with zero attached hydrogens (tertiary/aromatic N) is 1. The van der Waals surface area contributed by atoms with Gasteiger partial charge in [0.15, 0.2) is 0 Å². The number of rotatable bonds is 8. The number of carbonyl (C=O) groups is 3. The Morgan fingerprint density at radius 1 is 1.24 bits per heavy atom. The van der Waals surface area contributed by atoms with Gasteiger partial charge in [-0.2, -0.15) is 11.8 Å². The Hall–Kier alpha value is -2.02. The van der Waals surface area contributed by atoms with Gasteiger partial charge in [0, 0.05) is 25.3 Å². The summed E-state index contributed by atoms with van der Waals surface area (Å²) in [7, 11) is 0. The first-order valence-corrected chi connectivity index (χ1v) is 9.69. The van der Waals surface area contributed by atoms with E-state index in [4.69, 9.17) is 4.42 Å². The van der Waals surface area contributed by atoms with Gasteiger partial charge in [-0.1, -0.05) is 12.2 Å². The zero-order chi connectivity index (χ0) is 17.6. The Balaban J connectivity index is 1.33. The zero-order valence-electron chi connectivity index (χ0n) is 14.0. The highest BCUT2D eigenvalue weighted by atomic mass is 32.2. The number of furan rings is 1. The summed E-state index contributed by atoms with van der Waals surface area (Å²) in [4.78, 5) is 37.8. The molecule has 2 atom stereocenters. The highest BCUT2D eigenvalue weighted by molar-refractivity contribution is 7.98. The summed E-state index contributed by atoms with van der Waals surface area (Å²) in [5, 5.41) is 2.83. The summed E-state index contributed by atoms with van der Waals surface area (Å²) < 4.78 is 5.23. The van der Waals surface area contributed by atoms with Crippen LogP contribution in [-0.2, 0) is 20.1 Å². The molecule has 2 heterocycles. The molecule has 1 aromatic heterocycles. The lowest BCUT2D eigenvalue weighted by molar-refractivity contribution is -0.140. The van der Waals surface area contributed by atoms with Crippen molar-refractivity contribution in [1.29, 1.82) is 0 Å². The average molecular weight is 362 g/mol. The third kappa shape index (κ3) is 4.34. The van der Waals surface area contributed by atoms with E-state index in [1.165, 1.54) is 4.90 Å². The van der Waals surface area contributed by atoms with Gasteiger partial charge < -0.3 is 9.73 Å². The largest absolute Gasteiger partial charge is 0.468 e. The fourth-order valence-electron chi connectivity index (χ4n) is 3.22. The number of thioether (sulfide) groups is 1. The van der Waals surface area contributed by atoms with Crippen molar-refractivity contribution in [3.8, 4) is 0 Å². The van der Waals surface area contributed by atoms with E-state index in [0.29, 0.717) is 19.4 Å². The average Bonchev–Trinajstić information content (AvgIpc) is 3.22. The molecule has 0 bridgehead atoms. The molecule has 1 aliphatic carbocycles. The van der Waals surface area contributed by atoms with Crippen LogP contribution in [0.2, 0.25) is 0 Å². The van der Waals surface area contributed by atoms with Crippen LogP contribution in [0.25, 0.3) is 0 Å². The quantitative estimate of drug-likeness (QED) is 0.434. The summed E-state index contributed by atoms with van der Waals surface area (Å²) in [5.41, 5.74) is 0. The Morgan fingerprint density at radius 2 is 1.96 bits per heavy atom. The van der Waals surface area contributed by atoms with Crippen molar-refractivity contribution in [3.05, 3.63) is 36.3 Å². The highest BCUT2D eigenvalue weighted by Crippen LogP contribution is 2.34. The van der Waals surface area contributed by atoms with E-state index in [2.05, 4.69) is 5.32 Å². The van der Waals surface area contributed by atoms with Gasteiger partial charge in [-0.05, 0) is 25.0 Å². The molecule has 0 spiro atoms. The topological polar surface area (TPSA) is 79.6 Å². The van der Waals surface area contributed by atoms with E-state index >= 15 is 0 Å². The molecule has 3 amide bonds. The third-order valence-electron chi connectivity index (χ3n) is 4.55. The number of carbonyl (C=O) groups excluding carboxylic acids is 3. The minimum Gasteiger partial charge on any atom is -0.468 e. The van der Waals surface area contributed by atoms with Crippen molar-refractivity contribution < 1.29 is 18.8 Å². The molecule has 1 aromatic rings. The standard InChI is InChI=1S/C18H22N2O4S/c21-16(19-8-11-25-12-13-4-3-10-24-13)7-9-20-17(22)14-5-1-2-6-15(14)18(20)23/h1-4,10,14-15H,5-9,11-12H2,(H,19,21)/t14-,15-/m0/s1. The Labute approximate surface area is 151 Å². The van der Waals surface area contributed by atoms with Crippen LogP contribution >= 0.6 is 11.8 Å². The molecule has 25 heavy (non-hydrogen) atoms. The predicted molar refractivity (Wildman–Crippen MR) is 94.6 cm³/mol. The van der Waals surface area contributed by atoms with E-state index in [9.17, 15) is 14.4 Å². The summed E-state index contributed by atoms with van der Waals surface area (Å²) >= 11 is 1.68. The van der Waals surface area contributed by atoms with Crippen LogP contribution < -0.4 is 5.32 Å². The van der Waals surface area contributed by atoms with Gasteiger partial charge in [0.25, 0.3) is 0 Å². The number of nitrogens with one attached hydrogen (secondary N) is 1. The Kier molecular flexibility index (Phi) is 5.96. The minimum atomic E-state index is -0.224. The first-order valence-electron chi connectivity index (χ1n) is 8.54. The molecule has 2 aliphatic rings. The molecule has 0 saturated carbocycles. The molecular formula is C18H22N2O4S. The first-order chi connectivity index (χ1) is 12.2. The molecule has 3 rings (SSSR count). The maximum atomic E-state index is 12.3. The van der Waals surface area contributed by atoms with E-state index in [1.807, 2.05) is 24.3 Å². The Morgan fingerprint density at radius 3 is 2.60 bits per heavy atom. The number of amides is 3. The summed E-state index contributed by atoms with van der Waals surface area (Å²) in [6.45, 7) is 0.733. The lowest BCUT2D eigenvalue weighted by Gasteiger charge is -2.14. The molecular weight excluding hydrogens is 340 g/mol. The van der Waals surface area contributed by atoms with Crippen LogP contribution in [0.15, 0.2) is 35.0 Å². The minimum absolute atomic E-state index is 0.124. The number of hydrogen-bond donors (Lipinski definition) is 1. The van der Waals surface area contributed by atoms with Crippen molar-refractivity contribution in [2.24, 2.45) is 11.8 Å². The number of likely N-dealkylation sites (tertiary alicyclic amines) is 1. The summed E-state index contributed by atoms with van der Waals surface area (Å²) in [6.07, 6.45) is 6.99. The second-order valence-electron chi connectivity index (χ2n) is 6.22. The highest BCUT2D eigenvalue weighted by Gasteiger charge is 2.46. The fraction of sp³-hybridized carbons (Fsp3) is 0.500. The van der Waals surface area contributed by atoms with Gasteiger partial charge in [-0.15, -0.1) is 0 Å². The van der Waals surface area contributed by atoms with Crippen LogP contribution in [0.1, 0.15) is 25.0 Å². The van der Waals surface area contributed by atoms with E-state index < -0.39 is 0 Å². The predicted octanol–water partition coefficient (Wildman–Crippen LogP) is 1.97. The molecule has 0 radical (unpaired) electrons. The molecule has 6 nitrogen and oxygen atoms in total. The number of fused-ring (bicyclic) bond motifs is 1. The second-order valence-corrected chi connectivity index (χ2v) is 7.32. The maximum absolute atomic E-state index is 12.3. The smallest absolute Gasteiger partial charge is 0.233 e. The number of allylic oxidation sites excluding steroid dienone is 2. The van der Waals surface area contributed by atoms with Gasteiger partial charge in [0.05, 0.1) is 23.9 Å². The monoisotopic (exact) mass is 362 g/mol. The third-order valence-corrected chi connectivity index (χ3v) is 5.54. The molecule has 1 N–H and O–H groups in total. The molecule has 7 heteroatoms. The number of imide groups is 1. The van der Waals surface area contributed by atoms with E-state index in [-0.39, 0.29) is 42.5 Å². The van der Waals surface area contributed by atoms with Gasteiger partial charge in [-0.3, -0.25) is 19.3 Å². The lowest BCUT2D eigenvalue weighted by Crippen LogP contribution is -2.36. The van der Waals surface area contributed by atoms with Gasteiger partial charge in [0.1, 0.15) is 5.76 Å². The van der Waals surface area contributed by atoms with Crippen LogP contribution in [0.5, 0.6) is 0 Å². The van der Waals surface area contributed by atoms with Crippen molar-refractivity contribution >= 4 is 29.5 Å². The van der Waals surface area contributed by atoms with E-state index in [0.717, 1.165) is 17.3 Å². The zero-order valence-corrected chi connectivity index (χ0v) is 14.8. The van der Waals surface area contributed by atoms with Crippen molar-refractivity contribution in [3.63, 3.8) is 0 Å². The fourth-order valence-corrected chi connectivity index (χ4v) is 3.98. The second kappa shape index (κ2) is 8.38. The maximum Gasteiger partial charge on any atom is 0.233 e. The van der Waals surface area contributed by atoms with Crippen molar-refractivity contribution in [2.45, 2.75) is 25.0 Å². The Bertz CT molecular complexity index is 630. The van der Waals surface area contributed by atoms with Crippen molar-refractivity contribution in [2.75, 3.05) is 18.8 Å². The van der Waals surface area contributed by atoms with Gasteiger partial charge >= 0.3 is 0 Å². The van der Waals surface area contributed by atoms with Crippen LogP contribution in [0.3, 0.4) is 0 Å². The van der Waals surface area contributed by atoms with Crippen molar-refractivity contribution in [1.82, 2.24) is 10.2 Å². The number of hydrogen-bond acceptors (Lipinski definition) is 5. The first kappa shape index (κ1) is 17.8. The molecule has 1 aliphatic heterocycles. The molecule has 1 saturated heterocycles. The van der Waals surface area contributed by atoms with E-state index in [1.54, 1.807) is 18.0 Å². The van der Waals surface area contributed by atoms with Crippen LogP contribution in [-0.4, -0.2) is 41.5 Å². The normalized spacial score (nSPS) is 22.3. The van der Waals surface area contributed by atoms with Crippen LogP contribution in [0, 0.1) is 11.8 Å². The van der Waals surface area contributed by atoms with Gasteiger partial charge in [-0.25, -0.2) is 0 Å². The lowest BCUT2D eigenvalue weighted by atomic mass is 9.85.